The van der Waals surface area contributed by atoms with Gasteiger partial charge in [-0.2, -0.15) is 0 Å². The molecule has 0 aromatic carbocycles. The fraction of sp³-hybridized carbons (Fsp3) is 0.583. The van der Waals surface area contributed by atoms with Crippen molar-refractivity contribution >= 4 is 29.0 Å². The minimum absolute atomic E-state index is 0.222. The number of thioether (sulfide) groups is 1. The summed E-state index contributed by atoms with van der Waals surface area (Å²) in [4.78, 5) is 13.9. The van der Waals surface area contributed by atoms with Crippen LogP contribution in [0.2, 0.25) is 0 Å². The van der Waals surface area contributed by atoms with E-state index < -0.39 is 0 Å². The summed E-state index contributed by atoms with van der Waals surface area (Å²) >= 11 is 3.29. The molecule has 2 rings (SSSR count). The molecule has 1 aliphatic rings. The Morgan fingerprint density at radius 2 is 2.29 bits per heavy atom. The average Bonchev–Trinajstić information content (AvgIpc) is 2.89. The molecule has 2 heterocycles. The topological polar surface area (TPSA) is 40.5 Å². The Bertz CT molecular complexity index is 345. The maximum atomic E-state index is 11.9. The van der Waals surface area contributed by atoms with Gasteiger partial charge in [-0.15, -0.1) is 23.1 Å². The molecule has 0 radical (unpaired) electrons. The molecule has 1 aliphatic heterocycles. The third-order valence-corrected chi connectivity index (χ3v) is 5.17. The van der Waals surface area contributed by atoms with Crippen LogP contribution in [0, 0.1) is 5.92 Å². The van der Waals surface area contributed by atoms with Crippen molar-refractivity contribution in [1.29, 1.82) is 0 Å². The Morgan fingerprint density at radius 1 is 1.53 bits per heavy atom. The van der Waals surface area contributed by atoms with Crippen LogP contribution in [0.25, 0.3) is 0 Å². The summed E-state index contributed by atoms with van der Waals surface area (Å²) in [5.41, 5.74) is 0. The molecule has 5 heteroatoms. The summed E-state index contributed by atoms with van der Waals surface area (Å²) in [7, 11) is 0. The maximum Gasteiger partial charge on any atom is 0.232 e. The van der Waals surface area contributed by atoms with E-state index in [-0.39, 0.29) is 12.5 Å². The van der Waals surface area contributed by atoms with Gasteiger partial charge in [0.1, 0.15) is 0 Å². The standard InChI is InChI=1S/C12H17NO2S2/c14-8-10-3-5-13(6-4-10)11(15)9-17-12-2-1-7-16-12/h1-2,7,10,14H,3-6,8-9H2. The first kappa shape index (κ1) is 12.9. The number of piperidine rings is 1. The Morgan fingerprint density at radius 3 is 2.88 bits per heavy atom. The van der Waals surface area contributed by atoms with Gasteiger partial charge < -0.3 is 10.0 Å². The van der Waals surface area contributed by atoms with Crippen LogP contribution in [-0.4, -0.2) is 41.4 Å². The molecule has 0 saturated carbocycles. The number of rotatable bonds is 4. The van der Waals surface area contributed by atoms with Crippen LogP contribution in [0.3, 0.4) is 0 Å². The van der Waals surface area contributed by atoms with E-state index in [1.807, 2.05) is 22.4 Å². The Kier molecular flexibility index (Phi) is 4.88. The van der Waals surface area contributed by atoms with Crippen molar-refractivity contribution in [1.82, 2.24) is 4.90 Å². The highest BCUT2D eigenvalue weighted by Crippen LogP contribution is 2.24. The lowest BCUT2D eigenvalue weighted by molar-refractivity contribution is -0.129. The quantitative estimate of drug-likeness (QED) is 0.852. The summed E-state index contributed by atoms with van der Waals surface area (Å²) in [6, 6.07) is 4.05. The van der Waals surface area contributed by atoms with E-state index in [1.54, 1.807) is 23.1 Å². The number of carbonyl (C=O) groups excluding carboxylic acids is 1. The molecule has 94 valence electrons. The smallest absolute Gasteiger partial charge is 0.232 e. The second-order valence-corrected chi connectivity index (χ2v) is 6.45. The van der Waals surface area contributed by atoms with Gasteiger partial charge in [0.2, 0.25) is 5.91 Å². The second kappa shape index (κ2) is 6.42. The van der Waals surface area contributed by atoms with Crippen LogP contribution in [0.1, 0.15) is 12.8 Å². The zero-order valence-electron chi connectivity index (χ0n) is 9.67. The van der Waals surface area contributed by atoms with Crippen LogP contribution in [0.4, 0.5) is 0 Å². The van der Waals surface area contributed by atoms with Crippen LogP contribution in [-0.2, 0) is 4.79 Å². The Hall–Kier alpha value is -0.520. The number of aliphatic hydroxyl groups excluding tert-OH is 1. The summed E-state index contributed by atoms with van der Waals surface area (Å²) in [5.74, 6) is 1.15. The number of likely N-dealkylation sites (tertiary alicyclic amines) is 1. The van der Waals surface area contributed by atoms with Gasteiger partial charge in [0, 0.05) is 19.7 Å². The fourth-order valence-corrected chi connectivity index (χ4v) is 3.62. The van der Waals surface area contributed by atoms with Gasteiger partial charge in [-0.3, -0.25) is 4.79 Å². The number of thiophene rings is 1. The van der Waals surface area contributed by atoms with Crippen molar-refractivity contribution in [3.63, 3.8) is 0 Å². The van der Waals surface area contributed by atoms with Crippen LogP contribution < -0.4 is 0 Å². The molecule has 0 atom stereocenters. The third kappa shape index (κ3) is 3.72. The lowest BCUT2D eigenvalue weighted by Gasteiger charge is -2.31. The highest BCUT2D eigenvalue weighted by atomic mass is 32.2. The van der Waals surface area contributed by atoms with Crippen LogP contribution >= 0.6 is 23.1 Å². The highest BCUT2D eigenvalue weighted by molar-refractivity contribution is 8.01. The van der Waals surface area contributed by atoms with Crippen molar-refractivity contribution in [3.05, 3.63) is 17.5 Å². The highest BCUT2D eigenvalue weighted by Gasteiger charge is 2.22. The van der Waals surface area contributed by atoms with Crippen molar-refractivity contribution in [2.45, 2.75) is 17.1 Å². The molecule has 0 spiro atoms. The van der Waals surface area contributed by atoms with Gasteiger partial charge in [-0.25, -0.2) is 0 Å². The number of carbonyl (C=O) groups is 1. The van der Waals surface area contributed by atoms with Gasteiger partial charge in [0.25, 0.3) is 0 Å². The first-order chi connectivity index (χ1) is 8.29. The van der Waals surface area contributed by atoms with E-state index in [2.05, 4.69) is 0 Å². The van der Waals surface area contributed by atoms with Crippen molar-refractivity contribution < 1.29 is 9.90 Å². The minimum Gasteiger partial charge on any atom is -0.396 e. The lowest BCUT2D eigenvalue weighted by Crippen LogP contribution is -2.40. The molecular formula is C12H17NO2S2. The first-order valence-electron chi connectivity index (χ1n) is 5.84. The van der Waals surface area contributed by atoms with Gasteiger partial charge in [0.15, 0.2) is 0 Å². The van der Waals surface area contributed by atoms with Gasteiger partial charge in [0.05, 0.1) is 9.96 Å². The van der Waals surface area contributed by atoms with Gasteiger partial charge >= 0.3 is 0 Å². The van der Waals surface area contributed by atoms with Crippen LogP contribution in [0.5, 0.6) is 0 Å². The van der Waals surface area contributed by atoms with E-state index in [9.17, 15) is 4.79 Å². The molecule has 1 fully saturated rings. The molecule has 0 unspecified atom stereocenters. The molecule has 0 aliphatic carbocycles. The number of hydrogen-bond acceptors (Lipinski definition) is 4. The molecule has 1 N–H and O–H groups in total. The predicted octanol–water partition coefficient (Wildman–Crippen LogP) is 2.07. The zero-order chi connectivity index (χ0) is 12.1. The normalized spacial score (nSPS) is 17.4. The van der Waals surface area contributed by atoms with E-state index in [4.69, 9.17) is 5.11 Å². The molecule has 3 nitrogen and oxygen atoms in total. The summed E-state index contributed by atoms with van der Waals surface area (Å²) in [6.45, 7) is 1.86. The average molecular weight is 271 g/mol. The number of nitrogens with zero attached hydrogens (tertiary/aromatic N) is 1. The lowest BCUT2D eigenvalue weighted by atomic mass is 9.98. The van der Waals surface area contributed by atoms with E-state index in [1.165, 1.54) is 4.21 Å². The maximum absolute atomic E-state index is 11.9. The minimum atomic E-state index is 0.222. The van der Waals surface area contributed by atoms with Gasteiger partial charge in [-0.05, 0) is 30.2 Å². The molecule has 1 aromatic rings. The molecule has 0 bridgehead atoms. The van der Waals surface area contributed by atoms with Crippen molar-refractivity contribution in [2.24, 2.45) is 5.92 Å². The fourth-order valence-electron chi connectivity index (χ4n) is 1.93. The molecule has 1 aromatic heterocycles. The van der Waals surface area contributed by atoms with Crippen molar-refractivity contribution in [3.8, 4) is 0 Å². The Labute approximate surface area is 110 Å². The first-order valence-corrected chi connectivity index (χ1v) is 7.71. The second-order valence-electron chi connectivity index (χ2n) is 4.23. The number of amides is 1. The van der Waals surface area contributed by atoms with E-state index >= 15 is 0 Å². The monoisotopic (exact) mass is 271 g/mol. The SMILES string of the molecule is O=C(CSc1cccs1)N1CCC(CO)CC1. The summed E-state index contributed by atoms with van der Waals surface area (Å²) < 4.78 is 1.20. The van der Waals surface area contributed by atoms with E-state index in [0.717, 1.165) is 25.9 Å². The predicted molar refractivity (Wildman–Crippen MR) is 71.4 cm³/mol. The largest absolute Gasteiger partial charge is 0.396 e. The number of aliphatic hydroxyl groups is 1. The third-order valence-electron chi connectivity index (χ3n) is 3.06. The molecule has 1 saturated heterocycles. The molecule has 17 heavy (non-hydrogen) atoms. The molecular weight excluding hydrogens is 254 g/mol. The summed E-state index contributed by atoms with van der Waals surface area (Å²) in [6.07, 6.45) is 1.87. The van der Waals surface area contributed by atoms with Gasteiger partial charge in [-0.1, -0.05) is 6.07 Å². The summed E-state index contributed by atoms with van der Waals surface area (Å²) in [5, 5.41) is 11.1. The van der Waals surface area contributed by atoms with E-state index in [0.29, 0.717) is 11.7 Å². The van der Waals surface area contributed by atoms with Crippen LogP contribution in [0.15, 0.2) is 21.7 Å². The Balaban J connectivity index is 1.73. The van der Waals surface area contributed by atoms with Crippen molar-refractivity contribution in [2.75, 3.05) is 25.4 Å². The number of hydrogen-bond donors (Lipinski definition) is 1. The molecule has 1 amide bonds. The zero-order valence-corrected chi connectivity index (χ0v) is 11.3.